The normalized spacial score (nSPS) is 16.9. The molecule has 160 valence electrons. The van der Waals surface area contributed by atoms with Gasteiger partial charge in [0.25, 0.3) is 0 Å². The molecule has 1 rings (SSSR count). The first-order valence-corrected chi connectivity index (χ1v) is 12.4. The molecule has 0 spiro atoms. The van der Waals surface area contributed by atoms with Gasteiger partial charge in [-0.1, -0.05) is 111 Å². The van der Waals surface area contributed by atoms with Crippen molar-refractivity contribution in [3.05, 3.63) is 12.4 Å². The van der Waals surface area contributed by atoms with Crippen LogP contribution in [0.1, 0.15) is 124 Å². The fourth-order valence-corrected chi connectivity index (χ4v) is 4.40. The molecular weight excluding hydrogens is 328 g/mol. The number of unbranched alkanes of at least 4 members (excludes halogenated alkanes) is 13. The summed E-state index contributed by atoms with van der Waals surface area (Å²) in [5, 5.41) is 0. The molecule has 0 radical (unpaired) electrons. The topological polar surface area (TPSA) is 6.48 Å². The van der Waals surface area contributed by atoms with Crippen molar-refractivity contribution in [1.29, 1.82) is 0 Å². The Balaban J connectivity index is 2.03. The molecule has 0 aromatic heterocycles. The van der Waals surface area contributed by atoms with E-state index in [0.29, 0.717) is 12.1 Å². The van der Waals surface area contributed by atoms with Crippen LogP contribution in [0.5, 0.6) is 0 Å². The summed E-state index contributed by atoms with van der Waals surface area (Å²) in [7, 11) is 0. The summed E-state index contributed by atoms with van der Waals surface area (Å²) in [6.07, 6.45) is 26.5. The molecule has 1 unspecified atom stereocenters. The van der Waals surface area contributed by atoms with Gasteiger partial charge in [0.1, 0.15) is 6.17 Å². The Kier molecular flexibility index (Phi) is 14.7. The van der Waals surface area contributed by atoms with Gasteiger partial charge in [0.2, 0.25) is 0 Å². The average Bonchev–Trinajstić information content (AvgIpc) is 3.06. The Bertz CT molecular complexity index is 350. The molecular formula is C25H50N2. The second-order valence-electron chi connectivity index (χ2n) is 9.03. The molecule has 1 aliphatic heterocycles. The highest BCUT2D eigenvalue weighted by atomic mass is 15.4. The third kappa shape index (κ3) is 11.1. The lowest BCUT2D eigenvalue weighted by molar-refractivity contribution is 0.104. The van der Waals surface area contributed by atoms with E-state index in [4.69, 9.17) is 0 Å². The van der Waals surface area contributed by atoms with E-state index in [0.717, 1.165) is 0 Å². The molecule has 0 amide bonds. The molecule has 2 heteroatoms. The van der Waals surface area contributed by atoms with Crippen molar-refractivity contribution in [3.8, 4) is 0 Å². The summed E-state index contributed by atoms with van der Waals surface area (Å²) in [4.78, 5) is 5.19. The predicted octanol–water partition coefficient (Wildman–Crippen LogP) is 7.95. The van der Waals surface area contributed by atoms with Crippen LogP contribution in [0.25, 0.3) is 0 Å². The van der Waals surface area contributed by atoms with E-state index in [1.54, 1.807) is 0 Å². The average molecular weight is 379 g/mol. The van der Waals surface area contributed by atoms with Gasteiger partial charge in [-0.2, -0.15) is 0 Å². The summed E-state index contributed by atoms with van der Waals surface area (Å²) >= 11 is 0. The zero-order chi connectivity index (χ0) is 19.7. The minimum atomic E-state index is 0.592. The van der Waals surface area contributed by atoms with Crippen LogP contribution in [-0.2, 0) is 0 Å². The van der Waals surface area contributed by atoms with E-state index in [1.807, 2.05) is 0 Å². The Morgan fingerprint density at radius 1 is 0.556 bits per heavy atom. The number of hydrogen-bond donors (Lipinski definition) is 0. The lowest BCUT2D eigenvalue weighted by Crippen LogP contribution is -2.43. The summed E-state index contributed by atoms with van der Waals surface area (Å²) in [6.45, 7) is 11.8. The van der Waals surface area contributed by atoms with Gasteiger partial charge in [0.15, 0.2) is 0 Å². The second kappa shape index (κ2) is 16.3. The molecule has 0 saturated carbocycles. The Morgan fingerprint density at radius 2 is 0.889 bits per heavy atom. The maximum atomic E-state index is 2.60. The molecule has 1 heterocycles. The van der Waals surface area contributed by atoms with Crippen molar-refractivity contribution in [3.63, 3.8) is 0 Å². The first-order chi connectivity index (χ1) is 13.2. The highest BCUT2D eigenvalue weighted by Crippen LogP contribution is 2.24. The third-order valence-corrected chi connectivity index (χ3v) is 6.02. The van der Waals surface area contributed by atoms with Gasteiger partial charge in [-0.05, 0) is 18.8 Å². The lowest BCUT2D eigenvalue weighted by atomic mass is 10.0. The van der Waals surface area contributed by atoms with Crippen molar-refractivity contribution >= 4 is 0 Å². The maximum absolute atomic E-state index is 2.60. The SMILES string of the molecule is CCCCCCCCCCCCCCN1C=CN(CCCCC)C1C(C)C. The molecule has 0 aromatic carbocycles. The van der Waals surface area contributed by atoms with Crippen LogP contribution in [0.4, 0.5) is 0 Å². The van der Waals surface area contributed by atoms with E-state index >= 15 is 0 Å². The second-order valence-corrected chi connectivity index (χ2v) is 9.03. The van der Waals surface area contributed by atoms with Crippen LogP contribution in [0, 0.1) is 5.92 Å². The predicted molar refractivity (Wildman–Crippen MR) is 122 cm³/mol. The van der Waals surface area contributed by atoms with E-state index in [2.05, 4.69) is 49.9 Å². The van der Waals surface area contributed by atoms with Crippen LogP contribution in [-0.4, -0.2) is 29.1 Å². The van der Waals surface area contributed by atoms with Gasteiger partial charge in [-0.25, -0.2) is 0 Å². The largest absolute Gasteiger partial charge is 0.356 e. The summed E-state index contributed by atoms with van der Waals surface area (Å²) < 4.78 is 0. The molecule has 0 aliphatic carbocycles. The van der Waals surface area contributed by atoms with Gasteiger partial charge < -0.3 is 9.80 Å². The number of rotatable bonds is 18. The van der Waals surface area contributed by atoms with Crippen molar-refractivity contribution in [2.45, 2.75) is 130 Å². The van der Waals surface area contributed by atoms with E-state index in [-0.39, 0.29) is 0 Å². The number of hydrogen-bond acceptors (Lipinski definition) is 2. The molecule has 2 nitrogen and oxygen atoms in total. The molecule has 1 atom stereocenters. The zero-order valence-corrected chi connectivity index (χ0v) is 19.2. The van der Waals surface area contributed by atoms with Crippen LogP contribution in [0.2, 0.25) is 0 Å². The van der Waals surface area contributed by atoms with Crippen LogP contribution < -0.4 is 0 Å². The third-order valence-electron chi connectivity index (χ3n) is 6.02. The Labute approximate surface area is 171 Å². The molecule has 27 heavy (non-hydrogen) atoms. The highest BCUT2D eigenvalue weighted by molar-refractivity contribution is 4.98. The van der Waals surface area contributed by atoms with E-state index < -0.39 is 0 Å². The zero-order valence-electron chi connectivity index (χ0n) is 19.2. The molecule has 1 aliphatic rings. The first-order valence-electron chi connectivity index (χ1n) is 12.4. The fraction of sp³-hybridized carbons (Fsp3) is 0.920. The lowest BCUT2D eigenvalue weighted by Gasteiger charge is -2.36. The van der Waals surface area contributed by atoms with Crippen molar-refractivity contribution in [2.24, 2.45) is 5.92 Å². The Hall–Kier alpha value is -0.660. The molecule has 0 N–H and O–H groups in total. The van der Waals surface area contributed by atoms with Crippen LogP contribution in [0.3, 0.4) is 0 Å². The van der Waals surface area contributed by atoms with Crippen LogP contribution >= 0.6 is 0 Å². The van der Waals surface area contributed by atoms with Crippen molar-refractivity contribution in [1.82, 2.24) is 9.80 Å². The number of nitrogens with zero attached hydrogens (tertiary/aromatic N) is 2. The molecule has 0 fully saturated rings. The minimum absolute atomic E-state index is 0.592. The molecule has 0 aromatic rings. The summed E-state index contributed by atoms with van der Waals surface area (Å²) in [5.41, 5.74) is 0. The standard InChI is InChI=1S/C25H50N2/c1-5-7-9-10-11-12-13-14-15-16-17-19-21-27-23-22-26(20-18-8-6-2)25(27)24(3)4/h22-25H,5-21H2,1-4H3. The summed E-state index contributed by atoms with van der Waals surface area (Å²) in [5.74, 6) is 0.693. The van der Waals surface area contributed by atoms with Gasteiger partial charge in [-0.15, -0.1) is 0 Å². The van der Waals surface area contributed by atoms with E-state index in [1.165, 1.54) is 109 Å². The molecule has 0 saturated heterocycles. The smallest absolute Gasteiger partial charge is 0.103 e. The van der Waals surface area contributed by atoms with Gasteiger partial charge in [0.05, 0.1) is 0 Å². The van der Waals surface area contributed by atoms with Gasteiger partial charge in [0, 0.05) is 25.5 Å². The van der Waals surface area contributed by atoms with Gasteiger partial charge >= 0.3 is 0 Å². The van der Waals surface area contributed by atoms with E-state index in [9.17, 15) is 0 Å². The maximum Gasteiger partial charge on any atom is 0.103 e. The summed E-state index contributed by atoms with van der Waals surface area (Å²) in [6, 6.07) is 0. The molecule has 0 bridgehead atoms. The minimum Gasteiger partial charge on any atom is -0.356 e. The van der Waals surface area contributed by atoms with Crippen molar-refractivity contribution in [2.75, 3.05) is 13.1 Å². The quantitative estimate of drug-likeness (QED) is 0.223. The Morgan fingerprint density at radius 3 is 1.30 bits per heavy atom. The first kappa shape index (κ1) is 24.4. The monoisotopic (exact) mass is 378 g/mol. The van der Waals surface area contributed by atoms with Crippen LogP contribution in [0.15, 0.2) is 12.4 Å². The van der Waals surface area contributed by atoms with Gasteiger partial charge in [-0.3, -0.25) is 0 Å². The highest BCUT2D eigenvalue weighted by Gasteiger charge is 2.27. The fourth-order valence-electron chi connectivity index (χ4n) is 4.40. The van der Waals surface area contributed by atoms with Crippen molar-refractivity contribution < 1.29 is 0 Å².